The fourth-order valence-corrected chi connectivity index (χ4v) is 5.51. The normalized spacial score (nSPS) is 19.8. The van der Waals surface area contributed by atoms with Gasteiger partial charge in [-0.1, -0.05) is 44.5 Å². The van der Waals surface area contributed by atoms with Crippen LogP contribution in [0.15, 0.2) is 52.5 Å². The molecule has 1 aliphatic rings. The molecule has 0 radical (unpaired) electrons. The first kappa shape index (κ1) is 23.0. The average Bonchev–Trinajstić information content (AvgIpc) is 2.67. The number of sulfonamides is 1. The van der Waals surface area contributed by atoms with Crippen LogP contribution in [0.4, 0.5) is 5.69 Å². The number of hydrogen-bond donors (Lipinski definition) is 2. The zero-order chi connectivity index (χ0) is 22.8. The monoisotopic (exact) mass is 441 g/mol. The first-order chi connectivity index (χ1) is 14.4. The van der Waals surface area contributed by atoms with E-state index in [9.17, 15) is 13.2 Å². The zero-order valence-corrected chi connectivity index (χ0v) is 19.6. The molecule has 31 heavy (non-hydrogen) atoms. The van der Waals surface area contributed by atoms with Gasteiger partial charge in [-0.05, 0) is 74.3 Å². The minimum atomic E-state index is -3.83. The molecule has 0 spiro atoms. The van der Waals surface area contributed by atoms with E-state index in [0.29, 0.717) is 11.6 Å². The second kappa shape index (κ2) is 8.83. The van der Waals surface area contributed by atoms with Crippen molar-refractivity contribution in [1.29, 1.82) is 0 Å². The van der Waals surface area contributed by atoms with Gasteiger partial charge in [0.2, 0.25) is 0 Å². The van der Waals surface area contributed by atoms with E-state index in [1.807, 2.05) is 26.0 Å². The molecule has 1 amide bonds. The Balaban J connectivity index is 1.76. The van der Waals surface area contributed by atoms with Crippen molar-refractivity contribution in [3.05, 3.63) is 59.2 Å². The van der Waals surface area contributed by atoms with Crippen LogP contribution in [0.5, 0.6) is 0 Å². The van der Waals surface area contributed by atoms with Crippen molar-refractivity contribution in [2.75, 3.05) is 4.72 Å². The van der Waals surface area contributed by atoms with Gasteiger partial charge in [0.25, 0.3) is 15.9 Å². The maximum atomic E-state index is 12.9. The predicted octanol–water partition coefficient (Wildman–Crippen LogP) is 5.04. The standard InChI is InChI=1S/C24H31N3O3S/c1-16-9-10-22(18(3)11-16)27-31(29,30)21-8-6-7-19(13-21)23(28)26-25-20-12-17(2)14-24(4,5)15-20/h6-11,13,17,27H,12,14-15H2,1-5H3,(H,26,28)/b25-20+. The Labute approximate surface area is 185 Å². The summed E-state index contributed by atoms with van der Waals surface area (Å²) in [5.41, 5.74) is 6.38. The number of rotatable bonds is 5. The van der Waals surface area contributed by atoms with Crippen molar-refractivity contribution in [3.63, 3.8) is 0 Å². The molecule has 0 aromatic heterocycles. The number of nitrogens with zero attached hydrogens (tertiary/aromatic N) is 1. The number of amides is 1. The Morgan fingerprint density at radius 2 is 1.87 bits per heavy atom. The molecule has 0 heterocycles. The average molecular weight is 442 g/mol. The largest absolute Gasteiger partial charge is 0.279 e. The van der Waals surface area contributed by atoms with E-state index in [2.05, 4.69) is 36.0 Å². The summed E-state index contributed by atoms with van der Waals surface area (Å²) in [5.74, 6) is 0.0938. The molecule has 6 nitrogen and oxygen atoms in total. The van der Waals surface area contributed by atoms with E-state index in [-0.39, 0.29) is 15.9 Å². The maximum Gasteiger partial charge on any atom is 0.271 e. The van der Waals surface area contributed by atoms with E-state index in [4.69, 9.17) is 0 Å². The first-order valence-electron chi connectivity index (χ1n) is 10.5. The maximum absolute atomic E-state index is 12.9. The lowest BCUT2D eigenvalue weighted by molar-refractivity contribution is 0.0953. The summed E-state index contributed by atoms with van der Waals surface area (Å²) in [6.45, 7) is 10.4. The topological polar surface area (TPSA) is 87.6 Å². The van der Waals surface area contributed by atoms with Gasteiger partial charge in [0.05, 0.1) is 10.6 Å². The van der Waals surface area contributed by atoms with Crippen LogP contribution in [0, 0.1) is 25.2 Å². The van der Waals surface area contributed by atoms with Gasteiger partial charge in [0.1, 0.15) is 0 Å². The minimum Gasteiger partial charge on any atom is -0.279 e. The number of benzene rings is 2. The number of hydrogen-bond acceptors (Lipinski definition) is 4. The summed E-state index contributed by atoms with van der Waals surface area (Å²) in [7, 11) is -3.83. The highest BCUT2D eigenvalue weighted by molar-refractivity contribution is 7.92. The van der Waals surface area contributed by atoms with Crippen molar-refractivity contribution in [3.8, 4) is 0 Å². The first-order valence-corrected chi connectivity index (χ1v) is 12.0. The SMILES string of the molecule is Cc1ccc(NS(=O)(=O)c2cccc(C(=O)N/N=C3\CC(C)CC(C)(C)C3)c2)c(C)c1. The summed E-state index contributed by atoms with van der Waals surface area (Å²) in [6.07, 6.45) is 2.83. The van der Waals surface area contributed by atoms with Crippen LogP contribution in [-0.2, 0) is 10.0 Å². The van der Waals surface area contributed by atoms with Crippen LogP contribution in [0.2, 0.25) is 0 Å². The molecule has 1 aliphatic carbocycles. The zero-order valence-electron chi connectivity index (χ0n) is 18.8. The van der Waals surface area contributed by atoms with Gasteiger partial charge < -0.3 is 0 Å². The number of nitrogens with one attached hydrogen (secondary N) is 2. The fraction of sp³-hybridized carbons (Fsp3) is 0.417. The van der Waals surface area contributed by atoms with E-state index in [1.54, 1.807) is 18.2 Å². The molecule has 0 aliphatic heterocycles. The lowest BCUT2D eigenvalue weighted by Gasteiger charge is -2.34. The third kappa shape index (κ3) is 5.94. The Kier molecular flexibility index (Phi) is 6.55. The van der Waals surface area contributed by atoms with E-state index in [0.717, 1.165) is 36.1 Å². The van der Waals surface area contributed by atoms with Gasteiger partial charge in [-0.2, -0.15) is 5.10 Å². The second-order valence-corrected chi connectivity index (χ2v) is 11.1. The van der Waals surface area contributed by atoms with Crippen LogP contribution >= 0.6 is 0 Å². The molecule has 1 fully saturated rings. The highest BCUT2D eigenvalue weighted by Gasteiger charge is 2.29. The Bertz CT molecular complexity index is 1120. The third-order valence-electron chi connectivity index (χ3n) is 5.52. The van der Waals surface area contributed by atoms with Gasteiger partial charge in [-0.3, -0.25) is 9.52 Å². The van der Waals surface area contributed by atoms with Crippen molar-refractivity contribution in [2.24, 2.45) is 16.4 Å². The minimum absolute atomic E-state index is 0.0280. The molecule has 1 atom stereocenters. The van der Waals surface area contributed by atoms with Crippen LogP contribution in [0.3, 0.4) is 0 Å². The highest BCUT2D eigenvalue weighted by Crippen LogP contribution is 2.36. The molecule has 0 bridgehead atoms. The molecule has 3 rings (SSSR count). The van der Waals surface area contributed by atoms with E-state index >= 15 is 0 Å². The summed E-state index contributed by atoms with van der Waals surface area (Å²) in [4.78, 5) is 12.7. The van der Waals surface area contributed by atoms with Crippen molar-refractivity contribution >= 4 is 27.3 Å². The fourth-order valence-electron chi connectivity index (χ4n) is 4.33. The van der Waals surface area contributed by atoms with E-state index in [1.165, 1.54) is 12.1 Å². The number of aryl methyl sites for hydroxylation is 2. The van der Waals surface area contributed by atoms with Gasteiger partial charge in [-0.25, -0.2) is 13.8 Å². The Morgan fingerprint density at radius 1 is 1.13 bits per heavy atom. The van der Waals surface area contributed by atoms with Crippen LogP contribution in [-0.4, -0.2) is 20.0 Å². The highest BCUT2D eigenvalue weighted by atomic mass is 32.2. The predicted molar refractivity (Wildman–Crippen MR) is 125 cm³/mol. The number of carbonyl (C=O) groups excluding carboxylic acids is 1. The van der Waals surface area contributed by atoms with Crippen molar-refractivity contribution in [2.45, 2.75) is 58.8 Å². The molecule has 2 N–H and O–H groups in total. The van der Waals surface area contributed by atoms with Gasteiger partial charge in [0.15, 0.2) is 0 Å². The molecule has 2 aromatic carbocycles. The number of carbonyl (C=O) groups is 1. The molecule has 1 unspecified atom stereocenters. The molecular formula is C24H31N3O3S. The van der Waals surface area contributed by atoms with Gasteiger partial charge >= 0.3 is 0 Å². The smallest absolute Gasteiger partial charge is 0.271 e. The molecule has 1 saturated carbocycles. The number of anilines is 1. The van der Waals surface area contributed by atoms with Crippen LogP contribution in [0.25, 0.3) is 0 Å². The molecule has 166 valence electrons. The van der Waals surface area contributed by atoms with Crippen LogP contribution < -0.4 is 10.1 Å². The molecular weight excluding hydrogens is 410 g/mol. The third-order valence-corrected chi connectivity index (χ3v) is 6.88. The summed E-state index contributed by atoms with van der Waals surface area (Å²) < 4.78 is 28.3. The van der Waals surface area contributed by atoms with Crippen LogP contribution in [0.1, 0.15) is 61.5 Å². The number of hydrazone groups is 1. The summed E-state index contributed by atoms with van der Waals surface area (Å²) in [6, 6.07) is 11.5. The summed E-state index contributed by atoms with van der Waals surface area (Å²) >= 11 is 0. The van der Waals surface area contributed by atoms with Gasteiger partial charge in [-0.15, -0.1) is 0 Å². The quantitative estimate of drug-likeness (QED) is 0.638. The molecule has 2 aromatic rings. The molecule has 0 saturated heterocycles. The lowest BCUT2D eigenvalue weighted by atomic mass is 9.72. The van der Waals surface area contributed by atoms with Gasteiger partial charge in [0, 0.05) is 11.3 Å². The summed E-state index contributed by atoms with van der Waals surface area (Å²) in [5, 5.41) is 4.34. The lowest BCUT2D eigenvalue weighted by Crippen LogP contribution is -2.30. The van der Waals surface area contributed by atoms with Crippen molar-refractivity contribution in [1.82, 2.24) is 5.43 Å². The second-order valence-electron chi connectivity index (χ2n) is 9.43. The Hall–Kier alpha value is -2.67. The van der Waals surface area contributed by atoms with E-state index < -0.39 is 15.9 Å². The molecule has 7 heteroatoms. The Morgan fingerprint density at radius 3 is 2.55 bits per heavy atom. The van der Waals surface area contributed by atoms with Crippen molar-refractivity contribution < 1.29 is 13.2 Å².